The van der Waals surface area contributed by atoms with Crippen LogP contribution in [0.3, 0.4) is 0 Å². The second kappa shape index (κ2) is 6.82. The van der Waals surface area contributed by atoms with Crippen LogP contribution >= 0.6 is 11.8 Å². The van der Waals surface area contributed by atoms with Crippen molar-refractivity contribution in [2.45, 2.75) is 10.6 Å². The van der Waals surface area contributed by atoms with E-state index in [-0.39, 0.29) is 5.56 Å². The van der Waals surface area contributed by atoms with E-state index in [1.165, 1.54) is 7.11 Å². The number of carboxylic acids is 1. The van der Waals surface area contributed by atoms with Crippen molar-refractivity contribution in [3.8, 4) is 11.8 Å². The molecule has 0 bridgehead atoms. The van der Waals surface area contributed by atoms with E-state index in [1.54, 1.807) is 42.1 Å². The monoisotopic (exact) mass is 299 g/mol. The molecule has 0 aliphatic heterocycles. The maximum atomic E-state index is 10.8. The zero-order valence-electron chi connectivity index (χ0n) is 11.4. The van der Waals surface area contributed by atoms with Gasteiger partial charge in [-0.05, 0) is 42.0 Å². The second-order valence-corrected chi connectivity index (χ2v) is 5.31. The lowest BCUT2D eigenvalue weighted by molar-refractivity contribution is 0.0697. The van der Waals surface area contributed by atoms with Crippen molar-refractivity contribution in [1.29, 1.82) is 5.26 Å². The summed E-state index contributed by atoms with van der Waals surface area (Å²) in [6.07, 6.45) is 0. The predicted molar refractivity (Wildman–Crippen MR) is 80.7 cm³/mol. The van der Waals surface area contributed by atoms with Gasteiger partial charge in [-0.1, -0.05) is 6.07 Å². The minimum Gasteiger partial charge on any atom is -0.495 e. The summed E-state index contributed by atoms with van der Waals surface area (Å²) < 4.78 is 5.17. The van der Waals surface area contributed by atoms with Gasteiger partial charge >= 0.3 is 5.97 Å². The smallest absolute Gasteiger partial charge is 0.335 e. The Morgan fingerprint density at radius 3 is 2.57 bits per heavy atom. The highest BCUT2D eigenvalue weighted by atomic mass is 32.2. The van der Waals surface area contributed by atoms with Gasteiger partial charge in [0.05, 0.1) is 18.2 Å². The fraction of sp³-hybridized carbons (Fsp3) is 0.125. The van der Waals surface area contributed by atoms with Gasteiger partial charge in [-0.3, -0.25) is 0 Å². The number of ether oxygens (including phenoxy) is 1. The molecule has 2 aromatic rings. The lowest BCUT2D eigenvalue weighted by atomic mass is 10.1. The van der Waals surface area contributed by atoms with Crippen LogP contribution in [0.15, 0.2) is 47.4 Å². The average molecular weight is 299 g/mol. The number of nitrogens with zero attached hydrogens (tertiary/aromatic N) is 1. The first-order valence-corrected chi connectivity index (χ1v) is 7.16. The Hall–Kier alpha value is -2.45. The van der Waals surface area contributed by atoms with Gasteiger partial charge in [-0.15, -0.1) is 11.8 Å². The molecule has 0 atom stereocenters. The Morgan fingerprint density at radius 2 is 2.00 bits per heavy atom. The molecule has 0 spiro atoms. The van der Waals surface area contributed by atoms with Crippen molar-refractivity contribution in [1.82, 2.24) is 0 Å². The summed E-state index contributed by atoms with van der Waals surface area (Å²) in [5.41, 5.74) is 1.83. The highest BCUT2D eigenvalue weighted by Crippen LogP contribution is 2.26. The third-order valence-electron chi connectivity index (χ3n) is 2.89. The number of benzene rings is 2. The normalized spacial score (nSPS) is 9.90. The van der Waals surface area contributed by atoms with Crippen LogP contribution in [-0.4, -0.2) is 18.2 Å². The van der Waals surface area contributed by atoms with Gasteiger partial charge in [0, 0.05) is 10.6 Å². The Morgan fingerprint density at radius 1 is 1.29 bits per heavy atom. The van der Waals surface area contributed by atoms with Crippen molar-refractivity contribution in [3.63, 3.8) is 0 Å². The summed E-state index contributed by atoms with van der Waals surface area (Å²) in [6, 6.07) is 14.3. The van der Waals surface area contributed by atoms with Crippen molar-refractivity contribution in [2.75, 3.05) is 7.11 Å². The molecule has 0 unspecified atom stereocenters. The molecule has 5 heteroatoms. The molecule has 2 rings (SSSR count). The van der Waals surface area contributed by atoms with E-state index in [2.05, 4.69) is 6.07 Å². The van der Waals surface area contributed by atoms with E-state index < -0.39 is 5.97 Å². The minimum absolute atomic E-state index is 0.277. The Bertz CT molecular complexity index is 690. The maximum Gasteiger partial charge on any atom is 0.335 e. The standard InChI is InChI=1S/C16H13NO3S/c1-20-15-8-11(2-3-13(15)9-17)10-21-14-6-4-12(5-7-14)16(18)19/h2-8H,10H2,1H3,(H,18,19). The number of hydrogen-bond acceptors (Lipinski definition) is 4. The van der Waals surface area contributed by atoms with Crippen LogP contribution in [0.4, 0.5) is 0 Å². The number of hydrogen-bond donors (Lipinski definition) is 1. The largest absolute Gasteiger partial charge is 0.495 e. The molecule has 4 nitrogen and oxygen atoms in total. The predicted octanol–water partition coefficient (Wildman–Crippen LogP) is 3.56. The van der Waals surface area contributed by atoms with Gasteiger partial charge < -0.3 is 9.84 Å². The summed E-state index contributed by atoms with van der Waals surface area (Å²) in [5.74, 6) is 0.356. The van der Waals surface area contributed by atoms with E-state index in [0.717, 1.165) is 10.5 Å². The van der Waals surface area contributed by atoms with Gasteiger partial charge in [-0.2, -0.15) is 5.26 Å². The Balaban J connectivity index is 2.06. The number of aromatic carboxylic acids is 1. The molecular weight excluding hydrogens is 286 g/mol. The van der Waals surface area contributed by atoms with Crippen LogP contribution in [0.2, 0.25) is 0 Å². The molecule has 0 fully saturated rings. The van der Waals surface area contributed by atoms with Crippen molar-refractivity contribution in [2.24, 2.45) is 0 Å². The molecule has 0 aliphatic rings. The SMILES string of the molecule is COc1cc(CSc2ccc(C(=O)O)cc2)ccc1C#N. The van der Waals surface area contributed by atoms with Crippen LogP contribution < -0.4 is 4.74 Å². The molecule has 0 heterocycles. The summed E-state index contributed by atoms with van der Waals surface area (Å²) >= 11 is 1.60. The molecule has 0 saturated carbocycles. The lowest BCUT2D eigenvalue weighted by Gasteiger charge is -2.06. The first kappa shape index (κ1) is 14.9. The van der Waals surface area contributed by atoms with Gasteiger partial charge in [0.15, 0.2) is 0 Å². The van der Waals surface area contributed by atoms with Gasteiger partial charge in [0.1, 0.15) is 11.8 Å². The molecule has 0 aliphatic carbocycles. The zero-order chi connectivity index (χ0) is 15.2. The first-order valence-electron chi connectivity index (χ1n) is 6.17. The molecule has 0 amide bonds. The number of rotatable bonds is 5. The molecule has 0 saturated heterocycles. The van der Waals surface area contributed by atoms with Crippen LogP contribution in [0.25, 0.3) is 0 Å². The molecule has 21 heavy (non-hydrogen) atoms. The van der Waals surface area contributed by atoms with Gasteiger partial charge in [0.2, 0.25) is 0 Å². The van der Waals surface area contributed by atoms with Gasteiger partial charge in [0.25, 0.3) is 0 Å². The zero-order valence-corrected chi connectivity index (χ0v) is 12.2. The number of carbonyl (C=O) groups is 1. The summed E-state index contributed by atoms with van der Waals surface area (Å²) in [4.78, 5) is 11.8. The molecule has 1 N–H and O–H groups in total. The fourth-order valence-corrected chi connectivity index (χ4v) is 2.62. The molecule has 0 aromatic heterocycles. The van der Waals surface area contributed by atoms with Gasteiger partial charge in [-0.25, -0.2) is 4.79 Å². The van der Waals surface area contributed by atoms with Crippen LogP contribution in [0.5, 0.6) is 5.75 Å². The lowest BCUT2D eigenvalue weighted by Crippen LogP contribution is -1.94. The molecule has 106 valence electrons. The average Bonchev–Trinajstić information content (AvgIpc) is 2.52. The molecular formula is C16H13NO3S. The van der Waals surface area contributed by atoms with E-state index in [0.29, 0.717) is 17.1 Å². The topological polar surface area (TPSA) is 70.3 Å². The van der Waals surface area contributed by atoms with E-state index >= 15 is 0 Å². The number of nitriles is 1. The number of methoxy groups -OCH3 is 1. The van der Waals surface area contributed by atoms with Crippen molar-refractivity contribution < 1.29 is 14.6 Å². The third-order valence-corrected chi connectivity index (χ3v) is 3.98. The second-order valence-electron chi connectivity index (χ2n) is 4.26. The molecule has 0 radical (unpaired) electrons. The highest BCUT2D eigenvalue weighted by molar-refractivity contribution is 7.98. The quantitative estimate of drug-likeness (QED) is 0.855. The summed E-state index contributed by atoms with van der Waals surface area (Å²) in [6.45, 7) is 0. The van der Waals surface area contributed by atoms with E-state index in [9.17, 15) is 4.79 Å². The number of carboxylic acid groups (broad SMARTS) is 1. The Kier molecular flexibility index (Phi) is 4.85. The Labute approximate surface area is 127 Å². The minimum atomic E-state index is -0.927. The summed E-state index contributed by atoms with van der Waals surface area (Å²) in [5, 5.41) is 17.8. The van der Waals surface area contributed by atoms with E-state index in [1.807, 2.05) is 12.1 Å². The van der Waals surface area contributed by atoms with E-state index in [4.69, 9.17) is 15.1 Å². The van der Waals surface area contributed by atoms with Crippen LogP contribution in [0, 0.1) is 11.3 Å². The molecule has 2 aromatic carbocycles. The maximum absolute atomic E-state index is 10.8. The highest BCUT2D eigenvalue weighted by Gasteiger charge is 2.05. The van der Waals surface area contributed by atoms with Crippen LogP contribution in [0.1, 0.15) is 21.5 Å². The van der Waals surface area contributed by atoms with Crippen molar-refractivity contribution >= 4 is 17.7 Å². The first-order chi connectivity index (χ1) is 10.1. The van der Waals surface area contributed by atoms with Crippen LogP contribution in [-0.2, 0) is 5.75 Å². The third kappa shape index (κ3) is 3.77. The van der Waals surface area contributed by atoms with Crippen molar-refractivity contribution in [3.05, 3.63) is 59.2 Å². The summed E-state index contributed by atoms with van der Waals surface area (Å²) in [7, 11) is 1.54. The number of thioether (sulfide) groups is 1. The fourth-order valence-electron chi connectivity index (χ4n) is 1.78.